The number of thiophene rings is 1. The number of nitrogens with one attached hydrogen (secondary N) is 2. The third-order valence-corrected chi connectivity index (χ3v) is 5.43. The van der Waals surface area contributed by atoms with Crippen LogP contribution in [0.5, 0.6) is 0 Å². The Morgan fingerprint density at radius 3 is 2.95 bits per heavy atom. The van der Waals surface area contributed by atoms with Gasteiger partial charge in [0.15, 0.2) is 0 Å². The molecule has 0 aromatic carbocycles. The highest BCUT2D eigenvalue weighted by Crippen LogP contribution is 2.26. The van der Waals surface area contributed by atoms with Gasteiger partial charge >= 0.3 is 0 Å². The number of hydrogen-bond donors (Lipinski definition) is 3. The zero-order valence-electron chi connectivity index (χ0n) is 12.4. The van der Waals surface area contributed by atoms with Crippen LogP contribution >= 0.6 is 11.3 Å². The molecule has 3 N–H and O–H groups in total. The molecule has 2 atom stereocenters. The van der Waals surface area contributed by atoms with Crippen LogP contribution < -0.4 is 10.9 Å². The molecule has 1 saturated carbocycles. The Morgan fingerprint density at radius 2 is 2.24 bits per heavy atom. The molecular weight excluding hydrogens is 286 g/mol. The van der Waals surface area contributed by atoms with Gasteiger partial charge in [-0.05, 0) is 51.1 Å². The highest BCUT2D eigenvalue weighted by atomic mass is 32.1. The predicted molar refractivity (Wildman–Crippen MR) is 84.8 cm³/mol. The quantitative estimate of drug-likeness (QED) is 0.805. The zero-order valence-corrected chi connectivity index (χ0v) is 13.2. The van der Waals surface area contributed by atoms with E-state index in [2.05, 4.69) is 15.3 Å². The van der Waals surface area contributed by atoms with Crippen LogP contribution in [0.2, 0.25) is 0 Å². The van der Waals surface area contributed by atoms with Crippen molar-refractivity contribution in [2.75, 3.05) is 6.54 Å². The SMILES string of the molecule is Cc1sc2nc(CNCC3CCC(O)C3)[nH]c(=O)c2c1C. The molecule has 0 amide bonds. The van der Waals surface area contributed by atoms with Gasteiger partial charge < -0.3 is 15.4 Å². The second-order valence-corrected chi connectivity index (χ2v) is 7.14. The van der Waals surface area contributed by atoms with Gasteiger partial charge in [-0.25, -0.2) is 4.98 Å². The highest BCUT2D eigenvalue weighted by Gasteiger charge is 2.22. The third-order valence-electron chi connectivity index (χ3n) is 4.33. The van der Waals surface area contributed by atoms with Crippen molar-refractivity contribution >= 4 is 21.6 Å². The molecule has 1 aliphatic rings. The summed E-state index contributed by atoms with van der Waals surface area (Å²) in [7, 11) is 0. The monoisotopic (exact) mass is 307 g/mol. The highest BCUT2D eigenvalue weighted by molar-refractivity contribution is 7.18. The molecule has 114 valence electrons. The molecule has 3 rings (SSSR count). The molecule has 2 unspecified atom stereocenters. The van der Waals surface area contributed by atoms with E-state index < -0.39 is 0 Å². The van der Waals surface area contributed by atoms with Crippen LogP contribution in [0, 0.1) is 19.8 Å². The largest absolute Gasteiger partial charge is 0.393 e. The molecule has 2 heterocycles. The van der Waals surface area contributed by atoms with E-state index in [0.717, 1.165) is 46.5 Å². The van der Waals surface area contributed by atoms with Gasteiger partial charge in [0.25, 0.3) is 5.56 Å². The summed E-state index contributed by atoms with van der Waals surface area (Å²) < 4.78 is 0. The molecule has 6 heteroatoms. The number of aromatic nitrogens is 2. The van der Waals surface area contributed by atoms with Crippen LogP contribution in [0.25, 0.3) is 10.2 Å². The first-order valence-electron chi connectivity index (χ1n) is 7.42. The third kappa shape index (κ3) is 3.02. The number of rotatable bonds is 4. The van der Waals surface area contributed by atoms with Crippen LogP contribution in [0.1, 0.15) is 35.5 Å². The molecule has 2 aromatic heterocycles. The maximum absolute atomic E-state index is 12.1. The van der Waals surface area contributed by atoms with Gasteiger partial charge in [0.05, 0.1) is 18.0 Å². The summed E-state index contributed by atoms with van der Waals surface area (Å²) in [5.41, 5.74) is 0.984. The number of aryl methyl sites for hydroxylation is 2. The summed E-state index contributed by atoms with van der Waals surface area (Å²) in [6, 6.07) is 0. The topological polar surface area (TPSA) is 78.0 Å². The van der Waals surface area contributed by atoms with Gasteiger partial charge in [-0.2, -0.15) is 0 Å². The Bertz CT molecular complexity index is 707. The van der Waals surface area contributed by atoms with Crippen molar-refractivity contribution in [3.63, 3.8) is 0 Å². The summed E-state index contributed by atoms with van der Waals surface area (Å²) >= 11 is 1.57. The lowest BCUT2D eigenvalue weighted by Crippen LogP contribution is -2.24. The predicted octanol–water partition coefficient (Wildman–Crippen LogP) is 1.85. The second kappa shape index (κ2) is 5.87. The minimum Gasteiger partial charge on any atom is -0.393 e. The van der Waals surface area contributed by atoms with Crippen LogP contribution in [0.3, 0.4) is 0 Å². The van der Waals surface area contributed by atoms with Crippen LogP contribution in [-0.4, -0.2) is 27.7 Å². The van der Waals surface area contributed by atoms with Gasteiger partial charge in [-0.1, -0.05) is 0 Å². The average Bonchev–Trinajstić information content (AvgIpc) is 2.95. The Morgan fingerprint density at radius 1 is 1.43 bits per heavy atom. The van der Waals surface area contributed by atoms with Crippen molar-refractivity contribution < 1.29 is 5.11 Å². The van der Waals surface area contributed by atoms with Crippen LogP contribution in [-0.2, 0) is 6.54 Å². The lowest BCUT2D eigenvalue weighted by Gasteiger charge is -2.10. The molecule has 1 aliphatic carbocycles. The smallest absolute Gasteiger partial charge is 0.259 e. The fourth-order valence-corrected chi connectivity index (χ4v) is 4.06. The Labute approximate surface area is 127 Å². The van der Waals surface area contributed by atoms with E-state index in [-0.39, 0.29) is 11.7 Å². The minimum absolute atomic E-state index is 0.0464. The average molecular weight is 307 g/mol. The summed E-state index contributed by atoms with van der Waals surface area (Å²) in [5.74, 6) is 1.22. The molecular formula is C15H21N3O2S. The van der Waals surface area contributed by atoms with E-state index in [0.29, 0.717) is 18.3 Å². The molecule has 0 spiro atoms. The Hall–Kier alpha value is -1.24. The standard InChI is InChI=1S/C15H21N3O2S/c1-8-9(2)21-15-13(8)14(20)17-12(18-15)7-16-6-10-3-4-11(19)5-10/h10-11,16,19H,3-7H2,1-2H3,(H,17,18,20). The molecule has 0 bridgehead atoms. The number of aliphatic hydroxyl groups excluding tert-OH is 1. The summed E-state index contributed by atoms with van der Waals surface area (Å²) in [4.78, 5) is 21.5. The second-order valence-electron chi connectivity index (χ2n) is 5.94. The summed E-state index contributed by atoms with van der Waals surface area (Å²) in [6.07, 6.45) is 2.71. The van der Waals surface area contributed by atoms with Gasteiger partial charge in [0, 0.05) is 4.88 Å². The number of aliphatic hydroxyl groups is 1. The van der Waals surface area contributed by atoms with E-state index >= 15 is 0 Å². The van der Waals surface area contributed by atoms with Crippen molar-refractivity contribution in [3.05, 3.63) is 26.6 Å². The molecule has 5 nitrogen and oxygen atoms in total. The summed E-state index contributed by atoms with van der Waals surface area (Å²) in [5, 5.41) is 13.6. The van der Waals surface area contributed by atoms with E-state index in [4.69, 9.17) is 0 Å². The van der Waals surface area contributed by atoms with Gasteiger partial charge in [0.2, 0.25) is 0 Å². The lowest BCUT2D eigenvalue weighted by molar-refractivity contribution is 0.177. The van der Waals surface area contributed by atoms with E-state index in [1.807, 2.05) is 13.8 Å². The molecule has 0 aliphatic heterocycles. The number of fused-ring (bicyclic) bond motifs is 1. The lowest BCUT2D eigenvalue weighted by atomic mass is 10.1. The van der Waals surface area contributed by atoms with Crippen molar-refractivity contribution in [3.8, 4) is 0 Å². The molecule has 1 fully saturated rings. The maximum atomic E-state index is 12.1. The molecule has 0 saturated heterocycles. The first-order valence-corrected chi connectivity index (χ1v) is 8.24. The normalized spacial score (nSPS) is 22.2. The van der Waals surface area contributed by atoms with Crippen molar-refractivity contribution in [2.45, 2.75) is 45.8 Å². The van der Waals surface area contributed by atoms with Gasteiger partial charge in [-0.3, -0.25) is 4.79 Å². The Balaban J connectivity index is 1.69. The fourth-order valence-electron chi connectivity index (χ4n) is 3.01. The summed E-state index contributed by atoms with van der Waals surface area (Å²) in [6.45, 7) is 5.41. The number of nitrogens with zero attached hydrogens (tertiary/aromatic N) is 1. The first-order chi connectivity index (χ1) is 10.0. The molecule has 0 radical (unpaired) electrons. The van der Waals surface area contributed by atoms with Crippen molar-refractivity contribution in [1.82, 2.24) is 15.3 Å². The molecule has 2 aromatic rings. The molecule has 21 heavy (non-hydrogen) atoms. The first kappa shape index (κ1) is 14.7. The van der Waals surface area contributed by atoms with Crippen molar-refractivity contribution in [1.29, 1.82) is 0 Å². The number of aromatic amines is 1. The van der Waals surface area contributed by atoms with Crippen molar-refractivity contribution in [2.24, 2.45) is 5.92 Å². The fraction of sp³-hybridized carbons (Fsp3) is 0.600. The van der Waals surface area contributed by atoms with E-state index in [1.165, 1.54) is 0 Å². The number of H-pyrrole nitrogens is 1. The maximum Gasteiger partial charge on any atom is 0.259 e. The Kier molecular flexibility index (Phi) is 4.10. The van der Waals surface area contributed by atoms with Crippen LogP contribution in [0.15, 0.2) is 4.79 Å². The van der Waals surface area contributed by atoms with E-state index in [1.54, 1.807) is 11.3 Å². The van der Waals surface area contributed by atoms with Gasteiger partial charge in [0.1, 0.15) is 10.7 Å². The van der Waals surface area contributed by atoms with Gasteiger partial charge in [-0.15, -0.1) is 11.3 Å². The van der Waals surface area contributed by atoms with Crippen LogP contribution in [0.4, 0.5) is 0 Å². The number of hydrogen-bond acceptors (Lipinski definition) is 5. The minimum atomic E-state index is -0.136. The zero-order chi connectivity index (χ0) is 15.0. The van der Waals surface area contributed by atoms with E-state index in [9.17, 15) is 9.90 Å².